The van der Waals surface area contributed by atoms with Crippen LogP contribution in [0, 0.1) is 6.92 Å². The van der Waals surface area contributed by atoms with Gasteiger partial charge in [-0.05, 0) is 53.2 Å². The van der Waals surface area contributed by atoms with E-state index in [0.29, 0.717) is 22.5 Å². The molecular formula is C14H17BrN2O3S. The van der Waals surface area contributed by atoms with Gasteiger partial charge in [0.15, 0.2) is 0 Å². The molecule has 1 heterocycles. The lowest BCUT2D eigenvalue weighted by atomic mass is 10.2. The minimum atomic E-state index is -3.73. The average Bonchev–Trinajstić information content (AvgIpc) is 2.91. The van der Waals surface area contributed by atoms with E-state index < -0.39 is 10.0 Å². The number of benzene rings is 1. The third-order valence-electron chi connectivity index (χ3n) is 2.89. The van der Waals surface area contributed by atoms with E-state index in [0.717, 1.165) is 12.1 Å². The lowest BCUT2D eigenvalue weighted by molar-refractivity contribution is 0.405. The quantitative estimate of drug-likeness (QED) is 0.816. The number of sulfonamides is 1. The largest absolute Gasteiger partial charge is 0.446 e. The van der Waals surface area contributed by atoms with Crippen LogP contribution in [-0.4, -0.2) is 15.0 Å². The Morgan fingerprint density at radius 3 is 2.71 bits per heavy atom. The van der Waals surface area contributed by atoms with Crippen LogP contribution in [0.25, 0.3) is 0 Å². The molecule has 0 fully saturated rings. The van der Waals surface area contributed by atoms with Gasteiger partial charge in [-0.1, -0.05) is 19.1 Å². The molecule has 0 amide bonds. The molecule has 0 unspecified atom stereocenters. The van der Waals surface area contributed by atoms with Gasteiger partial charge in [0.1, 0.15) is 5.76 Å². The maximum Gasteiger partial charge on any atom is 0.295 e. The van der Waals surface area contributed by atoms with Crippen molar-refractivity contribution in [3.8, 4) is 0 Å². The molecule has 1 aromatic carbocycles. The molecule has 0 radical (unpaired) electrons. The van der Waals surface area contributed by atoms with Gasteiger partial charge in [-0.25, -0.2) is 0 Å². The van der Waals surface area contributed by atoms with Crippen LogP contribution in [0.1, 0.15) is 18.2 Å². The molecule has 0 saturated carbocycles. The molecule has 0 aliphatic rings. The molecule has 2 rings (SSSR count). The number of hydrogen-bond donors (Lipinski definition) is 2. The molecule has 0 aliphatic carbocycles. The van der Waals surface area contributed by atoms with E-state index in [9.17, 15) is 8.42 Å². The van der Waals surface area contributed by atoms with Gasteiger partial charge in [0.25, 0.3) is 10.0 Å². The number of halogens is 1. The molecule has 5 nitrogen and oxygen atoms in total. The molecule has 114 valence electrons. The fourth-order valence-corrected chi connectivity index (χ4v) is 3.29. The molecule has 0 saturated heterocycles. The summed E-state index contributed by atoms with van der Waals surface area (Å²) in [6.45, 7) is 5.15. The molecule has 0 aliphatic heterocycles. The minimum Gasteiger partial charge on any atom is -0.446 e. The molecule has 0 atom stereocenters. The van der Waals surface area contributed by atoms with E-state index in [1.54, 1.807) is 18.2 Å². The predicted octanol–water partition coefficient (Wildman–Crippen LogP) is 3.26. The SMILES string of the molecule is CCNCc1ccc(S(=O)(=O)Nc2cccc(C)c2Br)o1. The molecule has 7 heteroatoms. The van der Waals surface area contributed by atoms with Crippen LogP contribution in [0.5, 0.6) is 0 Å². The molecule has 2 N–H and O–H groups in total. The van der Waals surface area contributed by atoms with Crippen molar-refractivity contribution in [1.82, 2.24) is 5.32 Å². The van der Waals surface area contributed by atoms with Gasteiger partial charge in [0.2, 0.25) is 5.09 Å². The van der Waals surface area contributed by atoms with E-state index in [1.165, 1.54) is 6.07 Å². The van der Waals surface area contributed by atoms with Crippen molar-refractivity contribution in [3.63, 3.8) is 0 Å². The van der Waals surface area contributed by atoms with E-state index in [-0.39, 0.29) is 5.09 Å². The number of aryl methyl sites for hydroxylation is 1. The Morgan fingerprint density at radius 1 is 1.24 bits per heavy atom. The van der Waals surface area contributed by atoms with Crippen molar-refractivity contribution < 1.29 is 12.8 Å². The Kier molecular flexibility index (Phi) is 5.08. The van der Waals surface area contributed by atoms with E-state index in [2.05, 4.69) is 26.0 Å². The van der Waals surface area contributed by atoms with Crippen molar-refractivity contribution in [2.24, 2.45) is 0 Å². The Balaban J connectivity index is 2.22. The van der Waals surface area contributed by atoms with Gasteiger partial charge in [-0.15, -0.1) is 0 Å². The highest BCUT2D eigenvalue weighted by Crippen LogP contribution is 2.28. The summed E-state index contributed by atoms with van der Waals surface area (Å²) in [5.74, 6) is 0.584. The zero-order chi connectivity index (χ0) is 15.5. The van der Waals surface area contributed by atoms with Crippen molar-refractivity contribution in [2.45, 2.75) is 25.5 Å². The summed E-state index contributed by atoms with van der Waals surface area (Å²) >= 11 is 3.38. The summed E-state index contributed by atoms with van der Waals surface area (Å²) in [5.41, 5.74) is 1.43. The first-order valence-corrected chi connectivity index (χ1v) is 8.79. The maximum absolute atomic E-state index is 12.3. The predicted molar refractivity (Wildman–Crippen MR) is 85.8 cm³/mol. The van der Waals surface area contributed by atoms with Crippen LogP contribution >= 0.6 is 15.9 Å². The highest BCUT2D eigenvalue weighted by atomic mass is 79.9. The fraction of sp³-hybridized carbons (Fsp3) is 0.286. The van der Waals surface area contributed by atoms with E-state index in [1.807, 2.05) is 19.9 Å². The summed E-state index contributed by atoms with van der Waals surface area (Å²) in [6, 6.07) is 8.48. The molecule has 0 bridgehead atoms. The molecule has 21 heavy (non-hydrogen) atoms. The summed E-state index contributed by atoms with van der Waals surface area (Å²) in [7, 11) is -3.73. The maximum atomic E-state index is 12.3. The highest BCUT2D eigenvalue weighted by molar-refractivity contribution is 9.10. The third-order valence-corrected chi connectivity index (χ3v) is 5.18. The van der Waals surface area contributed by atoms with Gasteiger partial charge in [0.05, 0.1) is 12.2 Å². The number of furan rings is 1. The Labute approximate surface area is 132 Å². The fourth-order valence-electron chi connectivity index (χ4n) is 1.77. The number of hydrogen-bond acceptors (Lipinski definition) is 4. The first kappa shape index (κ1) is 16.1. The van der Waals surface area contributed by atoms with Gasteiger partial charge in [-0.2, -0.15) is 8.42 Å². The topological polar surface area (TPSA) is 71.3 Å². The summed E-state index contributed by atoms with van der Waals surface area (Å²) < 4.78 is 33.2. The van der Waals surface area contributed by atoms with Crippen LogP contribution in [-0.2, 0) is 16.6 Å². The minimum absolute atomic E-state index is 0.0937. The van der Waals surface area contributed by atoms with Crippen molar-refractivity contribution >= 4 is 31.6 Å². The van der Waals surface area contributed by atoms with Crippen molar-refractivity contribution in [3.05, 3.63) is 46.1 Å². The van der Waals surface area contributed by atoms with Gasteiger partial charge >= 0.3 is 0 Å². The third kappa shape index (κ3) is 3.87. The second-order valence-electron chi connectivity index (χ2n) is 4.54. The lowest BCUT2D eigenvalue weighted by Crippen LogP contribution is -2.13. The summed E-state index contributed by atoms with van der Waals surface area (Å²) in [4.78, 5) is 0. The highest BCUT2D eigenvalue weighted by Gasteiger charge is 2.20. The monoisotopic (exact) mass is 372 g/mol. The Morgan fingerprint density at radius 2 is 2.00 bits per heavy atom. The summed E-state index contributed by atoms with van der Waals surface area (Å²) in [6.07, 6.45) is 0. The van der Waals surface area contributed by atoms with Crippen molar-refractivity contribution in [1.29, 1.82) is 0 Å². The molecule has 1 aromatic heterocycles. The zero-order valence-corrected chi connectivity index (χ0v) is 14.2. The second kappa shape index (κ2) is 6.64. The Hall–Kier alpha value is -1.31. The van der Waals surface area contributed by atoms with Crippen LogP contribution < -0.4 is 10.0 Å². The zero-order valence-electron chi connectivity index (χ0n) is 11.8. The van der Waals surface area contributed by atoms with Gasteiger partial charge < -0.3 is 9.73 Å². The molecular weight excluding hydrogens is 356 g/mol. The standard InChI is InChI=1S/C14H17BrN2O3S/c1-3-16-9-11-7-8-13(20-11)21(18,19)17-12-6-4-5-10(2)14(12)15/h4-8,16-17H,3,9H2,1-2H3. The van der Waals surface area contributed by atoms with Crippen LogP contribution in [0.15, 0.2) is 44.3 Å². The van der Waals surface area contributed by atoms with Crippen molar-refractivity contribution in [2.75, 3.05) is 11.3 Å². The van der Waals surface area contributed by atoms with Crippen LogP contribution in [0.4, 0.5) is 5.69 Å². The summed E-state index contributed by atoms with van der Waals surface area (Å²) in [5, 5.41) is 2.99. The molecule has 2 aromatic rings. The van der Waals surface area contributed by atoms with Gasteiger partial charge in [0, 0.05) is 4.47 Å². The van der Waals surface area contributed by atoms with E-state index >= 15 is 0 Å². The average molecular weight is 373 g/mol. The first-order chi connectivity index (χ1) is 9.94. The number of nitrogens with one attached hydrogen (secondary N) is 2. The van der Waals surface area contributed by atoms with Gasteiger partial charge in [-0.3, -0.25) is 4.72 Å². The second-order valence-corrected chi connectivity index (χ2v) is 6.95. The first-order valence-electron chi connectivity index (χ1n) is 6.51. The van der Waals surface area contributed by atoms with E-state index in [4.69, 9.17) is 4.42 Å². The normalized spacial score (nSPS) is 11.6. The number of rotatable bonds is 6. The van der Waals surface area contributed by atoms with Crippen LogP contribution in [0.3, 0.4) is 0 Å². The molecule has 0 spiro atoms. The lowest BCUT2D eigenvalue weighted by Gasteiger charge is -2.09. The van der Waals surface area contributed by atoms with Crippen LogP contribution in [0.2, 0.25) is 0 Å². The smallest absolute Gasteiger partial charge is 0.295 e. The number of anilines is 1. The Bertz CT molecular complexity index is 726.